The van der Waals surface area contributed by atoms with Gasteiger partial charge in [-0.2, -0.15) is 0 Å². The summed E-state index contributed by atoms with van der Waals surface area (Å²) >= 11 is 0. The van der Waals surface area contributed by atoms with Gasteiger partial charge in [0.15, 0.2) is 0 Å². The molecule has 96 valence electrons. The zero-order valence-corrected chi connectivity index (χ0v) is 11.2. The minimum Gasteiger partial charge on any atom is -0.383 e. The lowest BCUT2D eigenvalue weighted by atomic mass is 10.2. The molecule has 0 heterocycles. The molecule has 0 aliphatic heterocycles. The second-order valence-electron chi connectivity index (χ2n) is 4.73. The summed E-state index contributed by atoms with van der Waals surface area (Å²) in [5.41, 5.74) is 0. The highest BCUT2D eigenvalue weighted by molar-refractivity contribution is 4.84. The van der Waals surface area contributed by atoms with Crippen LogP contribution in [0.5, 0.6) is 0 Å². The molecule has 0 saturated heterocycles. The van der Waals surface area contributed by atoms with E-state index in [4.69, 9.17) is 4.74 Å². The molecule has 0 amide bonds. The Morgan fingerprint density at radius 2 is 1.94 bits per heavy atom. The van der Waals surface area contributed by atoms with Crippen molar-refractivity contribution in [2.75, 3.05) is 33.4 Å². The maximum absolute atomic E-state index is 5.16. The summed E-state index contributed by atoms with van der Waals surface area (Å²) in [5.74, 6) is 0. The van der Waals surface area contributed by atoms with Crippen LogP contribution in [-0.2, 0) is 4.74 Å². The Hall–Kier alpha value is -0.120. The van der Waals surface area contributed by atoms with Gasteiger partial charge in [0.1, 0.15) is 0 Å². The Morgan fingerprint density at radius 1 is 1.25 bits per heavy atom. The third kappa shape index (κ3) is 5.28. The third-order valence-corrected chi connectivity index (χ3v) is 3.46. The van der Waals surface area contributed by atoms with Crippen LogP contribution in [0.4, 0.5) is 0 Å². The summed E-state index contributed by atoms with van der Waals surface area (Å²) in [6, 6.07) is 1.54. The van der Waals surface area contributed by atoms with E-state index in [9.17, 15) is 0 Å². The Morgan fingerprint density at radius 3 is 2.44 bits per heavy atom. The average Bonchev–Trinajstić information content (AvgIpc) is 3.12. The summed E-state index contributed by atoms with van der Waals surface area (Å²) in [7, 11) is 1.79. The lowest BCUT2D eigenvalue weighted by Crippen LogP contribution is -2.39. The van der Waals surface area contributed by atoms with E-state index in [0.29, 0.717) is 6.04 Å². The Kier molecular flexibility index (Phi) is 7.01. The molecule has 0 aromatic rings. The topological polar surface area (TPSA) is 24.5 Å². The molecule has 1 fully saturated rings. The Bertz CT molecular complexity index is 167. The molecule has 1 aliphatic rings. The normalized spacial score (nSPS) is 16.3. The molecule has 3 nitrogen and oxygen atoms in total. The molecule has 0 unspecified atom stereocenters. The van der Waals surface area contributed by atoms with Crippen LogP contribution in [0.1, 0.15) is 39.5 Å². The van der Waals surface area contributed by atoms with Crippen molar-refractivity contribution in [2.24, 2.45) is 0 Å². The van der Waals surface area contributed by atoms with Gasteiger partial charge < -0.3 is 10.1 Å². The maximum Gasteiger partial charge on any atom is 0.0589 e. The molecule has 16 heavy (non-hydrogen) atoms. The fourth-order valence-electron chi connectivity index (χ4n) is 2.11. The van der Waals surface area contributed by atoms with Crippen molar-refractivity contribution in [3.8, 4) is 0 Å². The van der Waals surface area contributed by atoms with Gasteiger partial charge in [0, 0.05) is 38.8 Å². The van der Waals surface area contributed by atoms with E-state index < -0.39 is 0 Å². The molecule has 0 spiro atoms. The van der Waals surface area contributed by atoms with Crippen molar-refractivity contribution in [1.29, 1.82) is 0 Å². The zero-order valence-electron chi connectivity index (χ0n) is 11.2. The molecule has 0 bridgehead atoms. The van der Waals surface area contributed by atoms with E-state index in [1.807, 2.05) is 0 Å². The van der Waals surface area contributed by atoms with Crippen molar-refractivity contribution in [3.63, 3.8) is 0 Å². The van der Waals surface area contributed by atoms with Crippen LogP contribution in [0, 0.1) is 0 Å². The maximum atomic E-state index is 5.16. The first-order chi connectivity index (χ1) is 7.81. The second kappa shape index (κ2) is 8.04. The standard InChI is InChI=1S/C13H28N2O/c1-4-12(5-2)14-8-9-15(10-11-16-3)13-6-7-13/h12-14H,4-11H2,1-3H3. The van der Waals surface area contributed by atoms with Crippen LogP contribution in [0.2, 0.25) is 0 Å². The van der Waals surface area contributed by atoms with Gasteiger partial charge in [-0.1, -0.05) is 13.8 Å². The van der Waals surface area contributed by atoms with E-state index in [0.717, 1.165) is 25.7 Å². The first-order valence-corrected chi connectivity index (χ1v) is 6.78. The molecule has 1 rings (SSSR count). The molecule has 1 aliphatic carbocycles. The molecule has 1 saturated carbocycles. The zero-order chi connectivity index (χ0) is 11.8. The van der Waals surface area contributed by atoms with Gasteiger partial charge in [-0.05, 0) is 25.7 Å². The van der Waals surface area contributed by atoms with Crippen molar-refractivity contribution < 1.29 is 4.74 Å². The smallest absolute Gasteiger partial charge is 0.0589 e. The molecule has 0 radical (unpaired) electrons. The van der Waals surface area contributed by atoms with Crippen molar-refractivity contribution in [1.82, 2.24) is 10.2 Å². The van der Waals surface area contributed by atoms with Crippen LogP contribution >= 0.6 is 0 Å². The highest BCUT2D eigenvalue weighted by atomic mass is 16.5. The highest BCUT2D eigenvalue weighted by Gasteiger charge is 2.28. The molecule has 0 atom stereocenters. The molecule has 1 N–H and O–H groups in total. The summed E-state index contributed by atoms with van der Waals surface area (Å²) in [6.45, 7) is 8.75. The largest absolute Gasteiger partial charge is 0.383 e. The summed E-state index contributed by atoms with van der Waals surface area (Å²) in [4.78, 5) is 2.57. The predicted molar refractivity (Wildman–Crippen MR) is 68.8 cm³/mol. The molecular formula is C13H28N2O. The van der Waals surface area contributed by atoms with Gasteiger partial charge in [-0.25, -0.2) is 0 Å². The minimum absolute atomic E-state index is 0.698. The number of rotatable bonds is 10. The Labute approximate surface area is 101 Å². The van der Waals surface area contributed by atoms with Crippen LogP contribution in [0.3, 0.4) is 0 Å². The first kappa shape index (κ1) is 13.9. The molecular weight excluding hydrogens is 200 g/mol. The van der Waals surface area contributed by atoms with Gasteiger partial charge in [0.2, 0.25) is 0 Å². The fraction of sp³-hybridized carbons (Fsp3) is 1.00. The monoisotopic (exact) mass is 228 g/mol. The number of ether oxygens (including phenoxy) is 1. The van der Waals surface area contributed by atoms with Gasteiger partial charge in [0.25, 0.3) is 0 Å². The number of hydrogen-bond donors (Lipinski definition) is 1. The molecule has 3 heteroatoms. The van der Waals surface area contributed by atoms with Gasteiger partial charge in [-0.3, -0.25) is 4.90 Å². The van der Waals surface area contributed by atoms with Gasteiger partial charge in [-0.15, -0.1) is 0 Å². The first-order valence-electron chi connectivity index (χ1n) is 6.78. The summed E-state index contributed by atoms with van der Waals surface area (Å²) in [5, 5.41) is 3.63. The van der Waals surface area contributed by atoms with Crippen LogP contribution in [0.25, 0.3) is 0 Å². The quantitative estimate of drug-likeness (QED) is 0.618. The Balaban J connectivity index is 2.11. The molecule has 0 aromatic carbocycles. The van der Waals surface area contributed by atoms with Crippen LogP contribution in [-0.4, -0.2) is 50.3 Å². The second-order valence-corrected chi connectivity index (χ2v) is 4.73. The molecule has 0 aromatic heterocycles. The van der Waals surface area contributed by atoms with Crippen molar-refractivity contribution >= 4 is 0 Å². The lowest BCUT2D eigenvalue weighted by molar-refractivity contribution is 0.143. The number of methoxy groups -OCH3 is 1. The lowest BCUT2D eigenvalue weighted by Gasteiger charge is -2.23. The third-order valence-electron chi connectivity index (χ3n) is 3.46. The van der Waals surface area contributed by atoms with Crippen molar-refractivity contribution in [2.45, 2.75) is 51.6 Å². The van der Waals surface area contributed by atoms with E-state index in [2.05, 4.69) is 24.1 Å². The number of nitrogens with zero attached hydrogens (tertiary/aromatic N) is 1. The average molecular weight is 228 g/mol. The van der Waals surface area contributed by atoms with Crippen molar-refractivity contribution in [3.05, 3.63) is 0 Å². The minimum atomic E-state index is 0.698. The summed E-state index contributed by atoms with van der Waals surface area (Å²) < 4.78 is 5.16. The number of hydrogen-bond acceptors (Lipinski definition) is 3. The fourth-order valence-corrected chi connectivity index (χ4v) is 2.11. The summed E-state index contributed by atoms with van der Waals surface area (Å²) in [6.07, 6.45) is 5.24. The van der Waals surface area contributed by atoms with Gasteiger partial charge in [0.05, 0.1) is 6.61 Å². The van der Waals surface area contributed by atoms with E-state index in [-0.39, 0.29) is 0 Å². The predicted octanol–water partition coefficient (Wildman–Crippen LogP) is 1.88. The number of nitrogens with one attached hydrogen (secondary N) is 1. The van der Waals surface area contributed by atoms with Gasteiger partial charge >= 0.3 is 0 Å². The van der Waals surface area contributed by atoms with Crippen LogP contribution in [0.15, 0.2) is 0 Å². The van der Waals surface area contributed by atoms with Crippen LogP contribution < -0.4 is 5.32 Å². The highest BCUT2D eigenvalue weighted by Crippen LogP contribution is 2.25. The van der Waals surface area contributed by atoms with E-state index in [1.165, 1.54) is 32.2 Å². The van der Waals surface area contributed by atoms with E-state index in [1.54, 1.807) is 7.11 Å². The SMILES string of the molecule is CCC(CC)NCCN(CCOC)C1CC1. The van der Waals surface area contributed by atoms with E-state index >= 15 is 0 Å².